The molecule has 1 N–H and O–H groups in total. The van der Waals surface area contributed by atoms with Crippen molar-refractivity contribution >= 4 is 11.4 Å². The van der Waals surface area contributed by atoms with Gasteiger partial charge in [0.15, 0.2) is 0 Å². The predicted octanol–water partition coefficient (Wildman–Crippen LogP) is 5.03. The van der Waals surface area contributed by atoms with Crippen molar-refractivity contribution in [1.29, 1.82) is 0 Å². The second kappa shape index (κ2) is 5.28. The molecule has 0 spiro atoms. The highest BCUT2D eigenvalue weighted by molar-refractivity contribution is 5.62. The Balaban J connectivity index is 1.62. The number of nitrogens with zero attached hydrogens (tertiary/aromatic N) is 1. The SMILES string of the molecule is O=[N+]([O-])c1ccc2c(c1)C1C3CCC(C3)C1C(c1ccc(F)cc1)N2. The number of nitro groups is 1. The van der Waals surface area contributed by atoms with Gasteiger partial charge in [0, 0.05) is 17.8 Å². The molecule has 128 valence electrons. The van der Waals surface area contributed by atoms with E-state index in [-0.39, 0.29) is 22.5 Å². The fraction of sp³-hybridized carbons (Fsp3) is 0.400. The fourth-order valence-corrected chi connectivity index (χ4v) is 5.59. The first-order chi connectivity index (χ1) is 12.1. The molecule has 5 atom stereocenters. The van der Waals surface area contributed by atoms with Crippen molar-refractivity contribution in [3.05, 3.63) is 69.5 Å². The number of benzene rings is 2. The maximum atomic E-state index is 13.3. The second-order valence-corrected chi connectivity index (χ2v) is 7.64. The van der Waals surface area contributed by atoms with E-state index in [0.717, 1.165) is 16.8 Å². The van der Waals surface area contributed by atoms with Crippen molar-refractivity contribution in [3.63, 3.8) is 0 Å². The maximum absolute atomic E-state index is 13.3. The van der Waals surface area contributed by atoms with Crippen LogP contribution in [-0.2, 0) is 0 Å². The Morgan fingerprint density at radius 2 is 1.84 bits per heavy atom. The van der Waals surface area contributed by atoms with E-state index in [2.05, 4.69) is 5.32 Å². The third kappa shape index (κ3) is 2.18. The lowest BCUT2D eigenvalue weighted by molar-refractivity contribution is -0.384. The number of hydrogen-bond acceptors (Lipinski definition) is 3. The molecule has 2 bridgehead atoms. The second-order valence-electron chi connectivity index (χ2n) is 7.64. The molecular weight excluding hydrogens is 319 g/mol. The van der Waals surface area contributed by atoms with Gasteiger partial charge in [0.25, 0.3) is 5.69 Å². The molecule has 2 saturated carbocycles. The Bertz CT molecular complexity index is 851. The highest BCUT2D eigenvalue weighted by Gasteiger charge is 2.54. The van der Waals surface area contributed by atoms with Crippen LogP contribution in [0, 0.1) is 33.7 Å². The highest BCUT2D eigenvalue weighted by Crippen LogP contribution is 2.63. The molecule has 2 fully saturated rings. The fourth-order valence-electron chi connectivity index (χ4n) is 5.59. The zero-order valence-electron chi connectivity index (χ0n) is 13.7. The minimum Gasteiger partial charge on any atom is -0.378 e. The van der Waals surface area contributed by atoms with E-state index in [1.807, 2.05) is 18.2 Å². The van der Waals surface area contributed by atoms with Crippen LogP contribution in [0.15, 0.2) is 42.5 Å². The van der Waals surface area contributed by atoms with Crippen LogP contribution in [0.25, 0.3) is 0 Å². The molecule has 3 aliphatic rings. The van der Waals surface area contributed by atoms with Crippen LogP contribution in [-0.4, -0.2) is 4.92 Å². The van der Waals surface area contributed by atoms with Crippen molar-refractivity contribution in [2.24, 2.45) is 17.8 Å². The third-order valence-electron chi connectivity index (χ3n) is 6.51. The lowest BCUT2D eigenvalue weighted by Gasteiger charge is -2.43. The minimum absolute atomic E-state index is 0.148. The summed E-state index contributed by atoms with van der Waals surface area (Å²) in [6, 6.07) is 12.1. The molecule has 2 aliphatic carbocycles. The summed E-state index contributed by atoms with van der Waals surface area (Å²) >= 11 is 0. The normalized spacial score (nSPS) is 32.0. The molecule has 0 saturated heterocycles. The smallest absolute Gasteiger partial charge is 0.269 e. The van der Waals surface area contributed by atoms with Crippen molar-refractivity contribution in [2.75, 3.05) is 5.32 Å². The van der Waals surface area contributed by atoms with E-state index in [1.165, 1.54) is 31.4 Å². The van der Waals surface area contributed by atoms with Crippen molar-refractivity contribution < 1.29 is 9.31 Å². The molecule has 0 radical (unpaired) electrons. The first-order valence-electron chi connectivity index (χ1n) is 8.92. The van der Waals surface area contributed by atoms with Gasteiger partial charge in [0.2, 0.25) is 0 Å². The summed E-state index contributed by atoms with van der Waals surface area (Å²) in [5, 5.41) is 14.8. The van der Waals surface area contributed by atoms with E-state index >= 15 is 0 Å². The van der Waals surface area contributed by atoms with Gasteiger partial charge >= 0.3 is 0 Å². The maximum Gasteiger partial charge on any atom is 0.269 e. The number of halogens is 1. The first-order valence-corrected chi connectivity index (χ1v) is 8.92. The molecule has 1 aliphatic heterocycles. The van der Waals surface area contributed by atoms with Gasteiger partial charge < -0.3 is 5.32 Å². The van der Waals surface area contributed by atoms with Crippen LogP contribution < -0.4 is 5.32 Å². The zero-order valence-corrected chi connectivity index (χ0v) is 13.7. The van der Waals surface area contributed by atoms with Gasteiger partial charge in [0.1, 0.15) is 5.82 Å². The molecule has 1 heterocycles. The van der Waals surface area contributed by atoms with E-state index in [0.29, 0.717) is 23.7 Å². The highest BCUT2D eigenvalue weighted by atomic mass is 19.1. The van der Waals surface area contributed by atoms with Gasteiger partial charge in [0.05, 0.1) is 11.0 Å². The number of non-ortho nitro benzene ring substituents is 1. The molecule has 0 aromatic heterocycles. The summed E-state index contributed by atoms with van der Waals surface area (Å²) < 4.78 is 13.3. The number of nitrogens with one attached hydrogen (secondary N) is 1. The number of anilines is 1. The van der Waals surface area contributed by atoms with Crippen molar-refractivity contribution in [3.8, 4) is 0 Å². The van der Waals surface area contributed by atoms with Gasteiger partial charge in [-0.15, -0.1) is 0 Å². The Morgan fingerprint density at radius 3 is 2.60 bits per heavy atom. The standard InChI is InChI=1S/C20H19FN2O2/c21-14-5-3-11(4-6-14)20-19-13-2-1-12(9-13)18(19)16-10-15(23(24)25)7-8-17(16)22-20/h3-8,10,12-13,18-20,22H,1-2,9H2. The van der Waals surface area contributed by atoms with Crippen LogP contribution >= 0.6 is 0 Å². The molecule has 4 nitrogen and oxygen atoms in total. The molecule has 5 heteroatoms. The van der Waals surface area contributed by atoms with E-state index in [9.17, 15) is 14.5 Å². The Labute approximate surface area is 145 Å². The molecule has 2 aromatic rings. The van der Waals surface area contributed by atoms with Gasteiger partial charge in [-0.05, 0) is 72.3 Å². The van der Waals surface area contributed by atoms with Crippen LogP contribution in [0.1, 0.15) is 42.3 Å². The molecule has 2 aromatic carbocycles. The largest absolute Gasteiger partial charge is 0.378 e. The zero-order chi connectivity index (χ0) is 17.1. The van der Waals surface area contributed by atoms with Crippen LogP contribution in [0.2, 0.25) is 0 Å². The Kier molecular flexibility index (Phi) is 3.14. The summed E-state index contributed by atoms with van der Waals surface area (Å²) in [5.74, 6) is 1.83. The summed E-state index contributed by atoms with van der Waals surface area (Å²) in [6.07, 6.45) is 3.65. The van der Waals surface area contributed by atoms with Crippen molar-refractivity contribution in [1.82, 2.24) is 0 Å². The molecule has 5 rings (SSSR count). The molecule has 0 amide bonds. The average molecular weight is 338 g/mol. The Hall–Kier alpha value is -2.43. The number of hydrogen-bond donors (Lipinski definition) is 1. The third-order valence-corrected chi connectivity index (χ3v) is 6.51. The van der Waals surface area contributed by atoms with Gasteiger partial charge in [-0.1, -0.05) is 12.1 Å². The van der Waals surface area contributed by atoms with Crippen LogP contribution in [0.3, 0.4) is 0 Å². The van der Waals surface area contributed by atoms with E-state index in [4.69, 9.17) is 0 Å². The quantitative estimate of drug-likeness (QED) is 0.617. The summed E-state index contributed by atoms with van der Waals surface area (Å²) in [4.78, 5) is 10.9. The monoisotopic (exact) mass is 338 g/mol. The summed E-state index contributed by atoms with van der Waals surface area (Å²) in [7, 11) is 0. The van der Waals surface area contributed by atoms with E-state index < -0.39 is 0 Å². The summed E-state index contributed by atoms with van der Waals surface area (Å²) in [6.45, 7) is 0. The molecular formula is C20H19FN2O2. The molecule has 5 unspecified atom stereocenters. The number of fused-ring (bicyclic) bond motifs is 7. The lowest BCUT2D eigenvalue weighted by Crippen LogP contribution is -2.35. The first kappa shape index (κ1) is 14.9. The molecule has 25 heavy (non-hydrogen) atoms. The van der Waals surface area contributed by atoms with Crippen molar-refractivity contribution in [2.45, 2.75) is 31.2 Å². The van der Waals surface area contributed by atoms with Crippen LogP contribution in [0.5, 0.6) is 0 Å². The lowest BCUT2D eigenvalue weighted by atomic mass is 9.68. The minimum atomic E-state index is -0.311. The van der Waals surface area contributed by atoms with Gasteiger partial charge in [-0.25, -0.2) is 4.39 Å². The van der Waals surface area contributed by atoms with Gasteiger partial charge in [-0.3, -0.25) is 10.1 Å². The van der Waals surface area contributed by atoms with E-state index in [1.54, 1.807) is 12.1 Å². The summed E-state index contributed by atoms with van der Waals surface area (Å²) in [5.41, 5.74) is 3.37. The number of rotatable bonds is 2. The predicted molar refractivity (Wildman–Crippen MR) is 92.9 cm³/mol. The topological polar surface area (TPSA) is 55.2 Å². The van der Waals surface area contributed by atoms with Crippen LogP contribution in [0.4, 0.5) is 15.8 Å². The Morgan fingerprint density at radius 1 is 1.08 bits per heavy atom. The average Bonchev–Trinajstić information content (AvgIpc) is 3.23. The van der Waals surface area contributed by atoms with Gasteiger partial charge in [-0.2, -0.15) is 0 Å². The number of nitro benzene ring substituents is 1.